The first-order valence-electron chi connectivity index (χ1n) is 6.46. The van der Waals surface area contributed by atoms with Crippen LogP contribution in [0, 0.1) is 0 Å². The maximum absolute atomic E-state index is 12.6. The maximum Gasteiger partial charge on any atom is 0.237 e. The predicted molar refractivity (Wildman–Crippen MR) is 76.1 cm³/mol. The lowest BCUT2D eigenvalue weighted by molar-refractivity contribution is -0.125. The van der Waals surface area contributed by atoms with Gasteiger partial charge in [0, 0.05) is 23.6 Å². The Labute approximate surface area is 116 Å². The van der Waals surface area contributed by atoms with E-state index in [1.807, 2.05) is 38.1 Å². The first kappa shape index (κ1) is 12.5. The quantitative estimate of drug-likeness (QED) is 0.738. The lowest BCUT2D eigenvalue weighted by Crippen LogP contribution is -2.25. The van der Waals surface area contributed by atoms with Crippen LogP contribution in [0.3, 0.4) is 0 Å². The molecule has 0 N–H and O–H groups in total. The number of carbonyl (C=O) groups excluding carboxylic acids is 2. The highest BCUT2D eigenvalue weighted by Gasteiger charge is 2.38. The monoisotopic (exact) mass is 273 g/mol. The number of allylic oxidation sites excluding steroid dienone is 1. The summed E-state index contributed by atoms with van der Waals surface area (Å²) >= 11 is 1.49. The molecule has 1 atom stereocenters. The molecule has 1 fully saturated rings. The molecule has 3 rings (SSSR count). The van der Waals surface area contributed by atoms with Gasteiger partial charge in [-0.15, -0.1) is 0 Å². The second-order valence-electron chi connectivity index (χ2n) is 4.78. The topological polar surface area (TPSA) is 37.4 Å². The lowest BCUT2D eigenvalue weighted by Gasteiger charge is -2.18. The summed E-state index contributed by atoms with van der Waals surface area (Å²) in [5.41, 5.74) is 2.65. The number of fused-ring (bicyclic) bond motifs is 1. The van der Waals surface area contributed by atoms with Crippen LogP contribution < -0.4 is 0 Å². The van der Waals surface area contributed by atoms with E-state index in [0.717, 1.165) is 21.7 Å². The number of hydrogen-bond acceptors (Lipinski definition) is 3. The Balaban J connectivity index is 2.14. The second-order valence-corrected chi connectivity index (χ2v) is 5.75. The second kappa shape index (κ2) is 4.53. The van der Waals surface area contributed by atoms with Crippen molar-refractivity contribution in [3.8, 4) is 0 Å². The van der Waals surface area contributed by atoms with Gasteiger partial charge in [-0.2, -0.15) is 0 Å². The Kier molecular flexibility index (Phi) is 2.97. The Morgan fingerprint density at radius 3 is 2.74 bits per heavy atom. The van der Waals surface area contributed by atoms with Crippen LogP contribution in [0.1, 0.15) is 35.7 Å². The molecule has 1 amide bonds. The first-order chi connectivity index (χ1) is 9.15. The van der Waals surface area contributed by atoms with Crippen LogP contribution in [-0.4, -0.2) is 28.9 Å². The van der Waals surface area contributed by atoms with Gasteiger partial charge >= 0.3 is 0 Å². The van der Waals surface area contributed by atoms with Crippen molar-refractivity contribution >= 4 is 23.5 Å². The van der Waals surface area contributed by atoms with Crippen LogP contribution in [0.5, 0.6) is 0 Å². The van der Waals surface area contributed by atoms with Crippen molar-refractivity contribution in [2.45, 2.75) is 19.8 Å². The molecule has 2 aliphatic rings. The van der Waals surface area contributed by atoms with Gasteiger partial charge in [0.25, 0.3) is 0 Å². The van der Waals surface area contributed by atoms with Gasteiger partial charge in [-0.3, -0.25) is 9.59 Å². The Bertz CT molecular complexity index is 606. The molecule has 1 aliphatic carbocycles. The van der Waals surface area contributed by atoms with E-state index in [2.05, 4.69) is 0 Å². The number of carbonyl (C=O) groups is 2. The largest absolute Gasteiger partial charge is 0.306 e. The zero-order valence-corrected chi connectivity index (χ0v) is 11.8. The average Bonchev–Trinajstić information content (AvgIpc) is 2.90. The molecule has 1 aliphatic heterocycles. The zero-order valence-electron chi connectivity index (χ0n) is 11.0. The van der Waals surface area contributed by atoms with E-state index >= 15 is 0 Å². The van der Waals surface area contributed by atoms with Crippen molar-refractivity contribution in [3.63, 3.8) is 0 Å². The molecule has 4 heteroatoms. The summed E-state index contributed by atoms with van der Waals surface area (Å²) in [6, 6.07) is 7.73. The summed E-state index contributed by atoms with van der Waals surface area (Å²) in [7, 11) is 0. The first-order valence-corrected chi connectivity index (χ1v) is 7.44. The van der Waals surface area contributed by atoms with E-state index in [1.165, 1.54) is 11.8 Å². The Hall–Kier alpha value is -1.55. The number of ketones is 1. The number of nitrogens with zero attached hydrogens (tertiary/aromatic N) is 1. The number of amides is 1. The summed E-state index contributed by atoms with van der Waals surface area (Å²) in [5, 5.41) is 0.862. The van der Waals surface area contributed by atoms with Crippen LogP contribution in [0.4, 0.5) is 0 Å². The van der Waals surface area contributed by atoms with E-state index < -0.39 is 0 Å². The van der Waals surface area contributed by atoms with Crippen molar-refractivity contribution in [2.24, 2.45) is 0 Å². The van der Waals surface area contributed by atoms with E-state index in [-0.39, 0.29) is 17.6 Å². The highest BCUT2D eigenvalue weighted by Crippen LogP contribution is 2.44. The van der Waals surface area contributed by atoms with Gasteiger partial charge in [-0.25, -0.2) is 0 Å². The molecule has 0 spiro atoms. The number of benzene rings is 1. The fourth-order valence-corrected chi connectivity index (χ4v) is 4.03. The van der Waals surface area contributed by atoms with Crippen LogP contribution >= 0.6 is 11.8 Å². The maximum atomic E-state index is 12.6. The Morgan fingerprint density at radius 2 is 2.05 bits per heavy atom. The summed E-state index contributed by atoms with van der Waals surface area (Å²) in [6.45, 7) is 4.62. The molecule has 1 unspecified atom stereocenters. The third-order valence-electron chi connectivity index (χ3n) is 3.77. The molecule has 0 radical (unpaired) electrons. The minimum atomic E-state index is 0.0751. The molecule has 1 aromatic rings. The van der Waals surface area contributed by atoms with Crippen molar-refractivity contribution in [1.29, 1.82) is 0 Å². The average molecular weight is 273 g/mol. The number of Topliss-reactive ketones (excluding diaryl/α,β-unsaturated/α-hetero) is 1. The van der Waals surface area contributed by atoms with Crippen molar-refractivity contribution in [2.75, 3.05) is 12.3 Å². The highest BCUT2D eigenvalue weighted by molar-refractivity contribution is 8.04. The van der Waals surface area contributed by atoms with Gasteiger partial charge in [0.15, 0.2) is 5.78 Å². The smallest absolute Gasteiger partial charge is 0.237 e. The van der Waals surface area contributed by atoms with Gasteiger partial charge in [-0.05, 0) is 12.5 Å². The minimum absolute atomic E-state index is 0.0751. The minimum Gasteiger partial charge on any atom is -0.306 e. The molecular weight excluding hydrogens is 258 g/mol. The summed E-state index contributed by atoms with van der Waals surface area (Å²) in [4.78, 5) is 26.1. The molecule has 0 aromatic heterocycles. The van der Waals surface area contributed by atoms with Gasteiger partial charge in [0.05, 0.1) is 10.8 Å². The number of rotatable bonds is 1. The van der Waals surface area contributed by atoms with Crippen molar-refractivity contribution < 1.29 is 9.59 Å². The highest BCUT2D eigenvalue weighted by atomic mass is 32.2. The van der Waals surface area contributed by atoms with E-state index in [4.69, 9.17) is 0 Å². The standard InChI is InChI=1S/C15H15NO2S/c1-3-16-12(17)8-19-15(16)13-9(2)10-6-4-5-7-11(10)14(13)18/h4-7,9H,3,8H2,1-2H3/b15-13-. The van der Waals surface area contributed by atoms with Gasteiger partial charge in [0.2, 0.25) is 5.91 Å². The van der Waals surface area contributed by atoms with Gasteiger partial charge in [-0.1, -0.05) is 43.0 Å². The van der Waals surface area contributed by atoms with E-state index in [9.17, 15) is 9.59 Å². The molecule has 98 valence electrons. The summed E-state index contributed by atoms with van der Waals surface area (Å²) < 4.78 is 0. The summed E-state index contributed by atoms with van der Waals surface area (Å²) in [5.74, 6) is 0.707. The fourth-order valence-electron chi connectivity index (χ4n) is 2.80. The van der Waals surface area contributed by atoms with Crippen molar-refractivity contribution in [1.82, 2.24) is 4.90 Å². The van der Waals surface area contributed by atoms with Crippen LogP contribution in [0.2, 0.25) is 0 Å². The van der Waals surface area contributed by atoms with Crippen LogP contribution in [0.25, 0.3) is 0 Å². The fraction of sp³-hybridized carbons (Fsp3) is 0.333. The van der Waals surface area contributed by atoms with E-state index in [0.29, 0.717) is 12.3 Å². The SMILES string of the molecule is CCN1C(=O)CS/C1=C1\C(=O)c2ccccc2C1C. The zero-order chi connectivity index (χ0) is 13.6. The molecule has 1 saturated heterocycles. The van der Waals surface area contributed by atoms with E-state index in [1.54, 1.807) is 4.90 Å². The molecule has 1 aromatic carbocycles. The molecule has 19 heavy (non-hydrogen) atoms. The van der Waals surface area contributed by atoms with Crippen LogP contribution in [0.15, 0.2) is 34.9 Å². The summed E-state index contributed by atoms with van der Waals surface area (Å²) in [6.07, 6.45) is 0. The molecule has 0 saturated carbocycles. The predicted octanol–water partition coefficient (Wildman–Crippen LogP) is 2.79. The molecular formula is C15H15NO2S. The normalized spacial score (nSPS) is 26.2. The lowest BCUT2D eigenvalue weighted by atomic mass is 10.0. The molecule has 0 bridgehead atoms. The number of thioether (sulfide) groups is 1. The molecule has 3 nitrogen and oxygen atoms in total. The number of hydrogen-bond donors (Lipinski definition) is 0. The Morgan fingerprint density at radius 1 is 1.32 bits per heavy atom. The third kappa shape index (κ3) is 1.74. The third-order valence-corrected chi connectivity index (χ3v) is 4.88. The molecule has 1 heterocycles. The van der Waals surface area contributed by atoms with Gasteiger partial charge < -0.3 is 4.90 Å². The van der Waals surface area contributed by atoms with Gasteiger partial charge in [0.1, 0.15) is 0 Å². The van der Waals surface area contributed by atoms with Crippen LogP contribution in [-0.2, 0) is 4.79 Å². The van der Waals surface area contributed by atoms with Crippen molar-refractivity contribution in [3.05, 3.63) is 46.0 Å².